The zero-order chi connectivity index (χ0) is 18.3. The Labute approximate surface area is 154 Å². The van der Waals surface area contributed by atoms with Crippen LogP contribution in [0.2, 0.25) is 5.02 Å². The third kappa shape index (κ3) is 2.97. The molecule has 1 saturated heterocycles. The van der Waals surface area contributed by atoms with E-state index >= 15 is 0 Å². The number of halogens is 2. The van der Waals surface area contributed by atoms with Crippen LogP contribution in [0.5, 0.6) is 0 Å². The Morgan fingerprint density at radius 2 is 2.08 bits per heavy atom. The Morgan fingerprint density at radius 1 is 1.27 bits per heavy atom. The Balaban J connectivity index is 1.59. The first-order valence-corrected chi connectivity index (χ1v) is 8.56. The third-order valence-electron chi connectivity index (χ3n) is 4.41. The molecule has 3 aromatic rings. The van der Waals surface area contributed by atoms with Gasteiger partial charge in [0.15, 0.2) is 5.82 Å². The van der Waals surface area contributed by atoms with Gasteiger partial charge in [-0.1, -0.05) is 46.6 Å². The van der Waals surface area contributed by atoms with Gasteiger partial charge in [-0.15, -0.1) is 0 Å². The van der Waals surface area contributed by atoms with Gasteiger partial charge in [0.2, 0.25) is 17.6 Å². The van der Waals surface area contributed by atoms with Gasteiger partial charge in [0, 0.05) is 18.5 Å². The summed E-state index contributed by atoms with van der Waals surface area (Å²) in [6, 6.07) is 12.4. The lowest BCUT2D eigenvalue weighted by atomic mass is 10.1. The van der Waals surface area contributed by atoms with Crippen LogP contribution in [0, 0.1) is 12.7 Å². The lowest BCUT2D eigenvalue weighted by molar-refractivity contribution is -0.117. The maximum absolute atomic E-state index is 14.2. The third-order valence-corrected chi connectivity index (χ3v) is 4.71. The van der Waals surface area contributed by atoms with Crippen molar-refractivity contribution in [3.8, 4) is 11.4 Å². The first kappa shape index (κ1) is 16.7. The molecule has 0 bridgehead atoms. The van der Waals surface area contributed by atoms with Crippen LogP contribution in [-0.2, 0) is 4.79 Å². The molecule has 0 radical (unpaired) electrons. The van der Waals surface area contributed by atoms with Gasteiger partial charge in [0.1, 0.15) is 0 Å². The number of hydrogen-bond acceptors (Lipinski definition) is 4. The molecule has 4 rings (SSSR count). The monoisotopic (exact) mass is 371 g/mol. The summed E-state index contributed by atoms with van der Waals surface area (Å²) < 4.78 is 19.6. The van der Waals surface area contributed by atoms with Gasteiger partial charge in [0.05, 0.1) is 16.6 Å². The van der Waals surface area contributed by atoms with Crippen LogP contribution in [0.15, 0.2) is 47.0 Å². The van der Waals surface area contributed by atoms with Crippen molar-refractivity contribution in [1.82, 2.24) is 10.1 Å². The van der Waals surface area contributed by atoms with Gasteiger partial charge in [-0.05, 0) is 25.1 Å². The average molecular weight is 372 g/mol. The molecule has 1 aliphatic heterocycles. The van der Waals surface area contributed by atoms with Crippen LogP contribution in [0.3, 0.4) is 0 Å². The summed E-state index contributed by atoms with van der Waals surface area (Å²) in [5.41, 5.74) is 2.11. The summed E-state index contributed by atoms with van der Waals surface area (Å²) in [7, 11) is 0. The predicted octanol–water partition coefficient (Wildman–Crippen LogP) is 4.36. The van der Waals surface area contributed by atoms with Gasteiger partial charge >= 0.3 is 0 Å². The summed E-state index contributed by atoms with van der Waals surface area (Å²) in [4.78, 5) is 18.2. The van der Waals surface area contributed by atoms with Gasteiger partial charge < -0.3 is 9.42 Å². The van der Waals surface area contributed by atoms with Crippen molar-refractivity contribution in [2.45, 2.75) is 19.3 Å². The fourth-order valence-electron chi connectivity index (χ4n) is 3.11. The smallest absolute Gasteiger partial charge is 0.232 e. The molecule has 5 nitrogen and oxygen atoms in total. The van der Waals surface area contributed by atoms with Crippen LogP contribution < -0.4 is 4.90 Å². The standard InChI is InChI=1S/C19H15ClFN3O2/c1-11-4-2-5-12(8-11)18-22-19(26-23-18)13-9-16(25)24(10-13)15-7-3-6-14(20)17(15)21/h2-8,13H,9-10H2,1H3. The molecular formula is C19H15ClFN3O2. The highest BCUT2D eigenvalue weighted by Gasteiger charge is 2.36. The first-order chi connectivity index (χ1) is 12.5. The van der Waals surface area contributed by atoms with Gasteiger partial charge in [-0.25, -0.2) is 4.39 Å². The van der Waals surface area contributed by atoms with Gasteiger partial charge in [-0.2, -0.15) is 4.98 Å². The molecule has 1 fully saturated rings. The average Bonchev–Trinajstić information content (AvgIpc) is 3.24. The molecule has 7 heteroatoms. The Morgan fingerprint density at radius 3 is 2.88 bits per heavy atom. The number of nitrogens with zero attached hydrogens (tertiary/aromatic N) is 3. The molecule has 2 aromatic carbocycles. The van der Waals surface area contributed by atoms with E-state index in [1.165, 1.54) is 17.0 Å². The van der Waals surface area contributed by atoms with E-state index in [-0.39, 0.29) is 35.5 Å². The maximum Gasteiger partial charge on any atom is 0.232 e. The second kappa shape index (κ2) is 6.53. The van der Waals surface area contributed by atoms with E-state index in [2.05, 4.69) is 10.1 Å². The number of amides is 1. The zero-order valence-electron chi connectivity index (χ0n) is 13.9. The minimum absolute atomic E-state index is 0.0155. The number of rotatable bonds is 3. The van der Waals surface area contributed by atoms with Gasteiger partial charge in [0.25, 0.3) is 0 Å². The van der Waals surface area contributed by atoms with E-state index in [4.69, 9.17) is 16.1 Å². The van der Waals surface area contributed by atoms with Crippen LogP contribution in [0.25, 0.3) is 11.4 Å². The molecule has 0 N–H and O–H groups in total. The minimum atomic E-state index is -0.603. The maximum atomic E-state index is 14.2. The number of benzene rings is 2. The Kier molecular flexibility index (Phi) is 4.20. The number of carbonyl (C=O) groups is 1. The zero-order valence-corrected chi connectivity index (χ0v) is 14.7. The molecule has 0 aliphatic carbocycles. The van der Waals surface area contributed by atoms with Crippen LogP contribution in [0.4, 0.5) is 10.1 Å². The van der Waals surface area contributed by atoms with Crippen molar-refractivity contribution in [3.05, 3.63) is 64.8 Å². The van der Waals surface area contributed by atoms with Crippen LogP contribution in [0.1, 0.15) is 23.8 Å². The van der Waals surface area contributed by atoms with Crippen molar-refractivity contribution >= 4 is 23.2 Å². The Hall–Kier alpha value is -2.73. The second-order valence-electron chi connectivity index (χ2n) is 6.30. The molecule has 1 amide bonds. The number of carbonyl (C=O) groups excluding carboxylic acids is 1. The molecule has 1 unspecified atom stereocenters. The lowest BCUT2D eigenvalue weighted by Gasteiger charge is -2.17. The quantitative estimate of drug-likeness (QED) is 0.686. The second-order valence-corrected chi connectivity index (χ2v) is 6.71. The summed E-state index contributed by atoms with van der Waals surface area (Å²) in [5, 5.41) is 4.00. The largest absolute Gasteiger partial charge is 0.339 e. The molecule has 1 aromatic heterocycles. The SMILES string of the molecule is Cc1cccc(-c2noc(C3CC(=O)N(c4cccc(Cl)c4F)C3)n2)c1. The van der Waals surface area contributed by atoms with E-state index in [0.717, 1.165) is 11.1 Å². The van der Waals surface area contributed by atoms with Gasteiger partial charge in [-0.3, -0.25) is 4.79 Å². The van der Waals surface area contributed by atoms with Crippen molar-refractivity contribution in [1.29, 1.82) is 0 Å². The highest BCUT2D eigenvalue weighted by Crippen LogP contribution is 2.34. The lowest BCUT2D eigenvalue weighted by Crippen LogP contribution is -2.25. The van der Waals surface area contributed by atoms with Crippen molar-refractivity contribution in [2.24, 2.45) is 0 Å². The molecular weight excluding hydrogens is 357 g/mol. The molecule has 26 heavy (non-hydrogen) atoms. The summed E-state index contributed by atoms with van der Waals surface area (Å²) >= 11 is 5.82. The van der Waals surface area contributed by atoms with E-state index in [1.807, 2.05) is 31.2 Å². The molecule has 1 aliphatic rings. The first-order valence-electron chi connectivity index (χ1n) is 8.18. The van der Waals surface area contributed by atoms with E-state index in [9.17, 15) is 9.18 Å². The number of aromatic nitrogens is 2. The normalized spacial score (nSPS) is 17.1. The fraction of sp³-hybridized carbons (Fsp3) is 0.211. The van der Waals surface area contributed by atoms with Crippen molar-refractivity contribution < 1.29 is 13.7 Å². The summed E-state index contributed by atoms with van der Waals surface area (Å²) in [6.45, 7) is 2.25. The van der Waals surface area contributed by atoms with E-state index in [1.54, 1.807) is 6.07 Å². The minimum Gasteiger partial charge on any atom is -0.339 e. The molecule has 1 atom stereocenters. The number of anilines is 1. The molecule has 2 heterocycles. The number of hydrogen-bond donors (Lipinski definition) is 0. The van der Waals surface area contributed by atoms with Crippen LogP contribution >= 0.6 is 11.6 Å². The van der Waals surface area contributed by atoms with Crippen LogP contribution in [-0.4, -0.2) is 22.6 Å². The van der Waals surface area contributed by atoms with Crippen molar-refractivity contribution in [3.63, 3.8) is 0 Å². The highest BCUT2D eigenvalue weighted by molar-refractivity contribution is 6.31. The summed E-state index contributed by atoms with van der Waals surface area (Å²) in [6.07, 6.45) is 0.182. The van der Waals surface area contributed by atoms with E-state index < -0.39 is 5.82 Å². The predicted molar refractivity (Wildman–Crippen MR) is 95.6 cm³/mol. The fourth-order valence-corrected chi connectivity index (χ4v) is 3.28. The van der Waals surface area contributed by atoms with E-state index in [0.29, 0.717) is 11.7 Å². The van der Waals surface area contributed by atoms with Crippen molar-refractivity contribution in [2.75, 3.05) is 11.4 Å². The molecule has 132 valence electrons. The summed E-state index contributed by atoms with van der Waals surface area (Å²) in [5.74, 6) is -0.240. The topological polar surface area (TPSA) is 59.2 Å². The molecule has 0 saturated carbocycles. The molecule has 0 spiro atoms. The highest BCUT2D eigenvalue weighted by atomic mass is 35.5. The Bertz CT molecular complexity index is 988. The number of aryl methyl sites for hydroxylation is 1.